The molecule has 2 aromatic rings. The molecule has 0 saturated carbocycles. The Labute approximate surface area is 108 Å². The standard InChI is InChI=1S/C10H6F4N4O2/c11-6-4(7-8(9(15)19)17-18-16-7)2-1-3-5(6)20-10(12,13)14/h1-3H,(H2,15,19)(H,16,17,18). The fourth-order valence-electron chi connectivity index (χ4n) is 1.49. The summed E-state index contributed by atoms with van der Waals surface area (Å²) < 4.78 is 53.8. The molecule has 0 aliphatic rings. The molecule has 3 N–H and O–H groups in total. The Morgan fingerprint density at radius 1 is 1.30 bits per heavy atom. The van der Waals surface area contributed by atoms with Gasteiger partial charge < -0.3 is 10.5 Å². The number of ether oxygens (including phenoxy) is 1. The van der Waals surface area contributed by atoms with Crippen molar-refractivity contribution in [1.82, 2.24) is 15.4 Å². The van der Waals surface area contributed by atoms with Gasteiger partial charge in [-0.15, -0.1) is 13.2 Å². The molecule has 1 heterocycles. The Morgan fingerprint density at radius 2 is 2.00 bits per heavy atom. The number of halogens is 4. The highest BCUT2D eigenvalue weighted by atomic mass is 19.4. The molecule has 0 radical (unpaired) electrons. The first-order valence-corrected chi connectivity index (χ1v) is 5.05. The second-order valence-electron chi connectivity index (χ2n) is 3.55. The van der Waals surface area contributed by atoms with Gasteiger partial charge in [0.05, 0.1) is 0 Å². The highest BCUT2D eigenvalue weighted by molar-refractivity contribution is 5.96. The van der Waals surface area contributed by atoms with Crippen molar-refractivity contribution in [2.45, 2.75) is 6.36 Å². The number of primary amides is 1. The van der Waals surface area contributed by atoms with Gasteiger partial charge in [-0.3, -0.25) is 4.79 Å². The van der Waals surface area contributed by atoms with Crippen LogP contribution in [0.2, 0.25) is 0 Å². The number of benzene rings is 1. The third-order valence-electron chi connectivity index (χ3n) is 2.23. The van der Waals surface area contributed by atoms with Gasteiger partial charge in [0.1, 0.15) is 5.69 Å². The van der Waals surface area contributed by atoms with Crippen LogP contribution >= 0.6 is 0 Å². The number of carbonyl (C=O) groups is 1. The van der Waals surface area contributed by atoms with E-state index < -0.39 is 35.1 Å². The summed E-state index contributed by atoms with van der Waals surface area (Å²) in [5.74, 6) is -3.38. The van der Waals surface area contributed by atoms with E-state index in [9.17, 15) is 22.4 Å². The maximum atomic E-state index is 14.0. The average molecular weight is 290 g/mol. The predicted octanol–water partition coefficient (Wildman–Crippen LogP) is 1.61. The van der Waals surface area contributed by atoms with Gasteiger partial charge in [-0.1, -0.05) is 6.07 Å². The maximum Gasteiger partial charge on any atom is 0.573 e. The molecule has 0 aliphatic carbocycles. The van der Waals surface area contributed by atoms with E-state index in [0.29, 0.717) is 0 Å². The van der Waals surface area contributed by atoms with Crippen molar-refractivity contribution in [2.24, 2.45) is 5.73 Å². The lowest BCUT2D eigenvalue weighted by atomic mass is 10.1. The van der Waals surface area contributed by atoms with Crippen molar-refractivity contribution in [1.29, 1.82) is 0 Å². The van der Waals surface area contributed by atoms with E-state index in [1.807, 2.05) is 5.21 Å². The molecule has 6 nitrogen and oxygen atoms in total. The number of alkyl halides is 3. The number of nitrogens with zero attached hydrogens (tertiary/aromatic N) is 2. The topological polar surface area (TPSA) is 93.9 Å². The van der Waals surface area contributed by atoms with Crippen molar-refractivity contribution >= 4 is 5.91 Å². The number of nitrogens with two attached hydrogens (primary N) is 1. The number of amides is 1. The van der Waals surface area contributed by atoms with Gasteiger partial charge in [0.2, 0.25) is 0 Å². The van der Waals surface area contributed by atoms with Crippen LogP contribution in [0.5, 0.6) is 5.75 Å². The molecule has 10 heteroatoms. The Kier molecular flexibility index (Phi) is 3.30. The normalized spacial score (nSPS) is 11.4. The number of rotatable bonds is 3. The van der Waals surface area contributed by atoms with Gasteiger partial charge in [0, 0.05) is 5.56 Å². The zero-order valence-corrected chi connectivity index (χ0v) is 9.53. The summed E-state index contributed by atoms with van der Waals surface area (Å²) >= 11 is 0. The minimum absolute atomic E-state index is 0.303. The van der Waals surface area contributed by atoms with Crippen LogP contribution in [0.1, 0.15) is 10.5 Å². The smallest absolute Gasteiger partial charge is 0.403 e. The second kappa shape index (κ2) is 4.79. The molecule has 0 unspecified atom stereocenters. The molecular weight excluding hydrogens is 284 g/mol. The van der Waals surface area contributed by atoms with E-state index in [-0.39, 0.29) is 5.69 Å². The number of H-pyrrole nitrogens is 1. The lowest BCUT2D eigenvalue weighted by Crippen LogP contribution is -2.18. The van der Waals surface area contributed by atoms with Gasteiger partial charge >= 0.3 is 6.36 Å². The molecule has 1 aromatic carbocycles. The first-order chi connectivity index (χ1) is 9.29. The van der Waals surface area contributed by atoms with E-state index in [0.717, 1.165) is 18.2 Å². The van der Waals surface area contributed by atoms with Gasteiger partial charge in [0.15, 0.2) is 17.3 Å². The fraction of sp³-hybridized carbons (Fsp3) is 0.100. The molecule has 0 atom stereocenters. The monoisotopic (exact) mass is 290 g/mol. The van der Waals surface area contributed by atoms with Crippen LogP contribution < -0.4 is 10.5 Å². The highest BCUT2D eigenvalue weighted by Gasteiger charge is 2.33. The van der Waals surface area contributed by atoms with E-state index in [2.05, 4.69) is 14.9 Å². The van der Waals surface area contributed by atoms with E-state index in [4.69, 9.17) is 5.73 Å². The summed E-state index contributed by atoms with van der Waals surface area (Å²) in [6, 6.07) is 3.01. The third kappa shape index (κ3) is 2.68. The molecule has 20 heavy (non-hydrogen) atoms. The molecule has 0 fully saturated rings. The number of hydrogen-bond acceptors (Lipinski definition) is 4. The van der Waals surface area contributed by atoms with Gasteiger partial charge in [0.25, 0.3) is 5.91 Å². The molecule has 0 saturated heterocycles. The molecule has 0 bridgehead atoms. The summed E-state index contributed by atoms with van der Waals surface area (Å²) in [6.07, 6.45) is -5.05. The summed E-state index contributed by atoms with van der Waals surface area (Å²) in [6.45, 7) is 0. The minimum Gasteiger partial charge on any atom is -0.403 e. The molecule has 1 aromatic heterocycles. The summed E-state index contributed by atoms with van der Waals surface area (Å²) in [7, 11) is 0. The predicted molar refractivity (Wildman–Crippen MR) is 57.0 cm³/mol. The third-order valence-corrected chi connectivity index (χ3v) is 2.23. The number of aromatic amines is 1. The molecule has 1 amide bonds. The zero-order chi connectivity index (χ0) is 14.9. The van der Waals surface area contributed by atoms with E-state index >= 15 is 0 Å². The molecule has 0 aliphatic heterocycles. The maximum absolute atomic E-state index is 14.0. The highest BCUT2D eigenvalue weighted by Crippen LogP contribution is 2.32. The summed E-state index contributed by atoms with van der Waals surface area (Å²) in [4.78, 5) is 11.0. The lowest BCUT2D eigenvalue weighted by Gasteiger charge is -2.11. The number of hydrogen-bond donors (Lipinski definition) is 2. The van der Waals surface area contributed by atoms with Crippen molar-refractivity contribution in [3.63, 3.8) is 0 Å². The SMILES string of the molecule is NC(=O)c1n[nH]nc1-c1cccc(OC(F)(F)F)c1F. The second-order valence-corrected chi connectivity index (χ2v) is 3.55. The van der Waals surface area contributed by atoms with Crippen LogP contribution in [-0.2, 0) is 0 Å². The van der Waals surface area contributed by atoms with Crippen LogP contribution in [0.15, 0.2) is 18.2 Å². The molecular formula is C10H6F4N4O2. The van der Waals surface area contributed by atoms with Crippen LogP contribution in [0.25, 0.3) is 11.3 Å². The molecule has 106 valence electrons. The summed E-state index contributed by atoms with van der Waals surface area (Å²) in [5, 5.41) is 8.93. The van der Waals surface area contributed by atoms with Crippen LogP contribution in [0.3, 0.4) is 0 Å². The first kappa shape index (κ1) is 13.8. The number of carbonyl (C=O) groups excluding carboxylic acids is 1. The fourth-order valence-corrected chi connectivity index (χ4v) is 1.49. The quantitative estimate of drug-likeness (QED) is 0.840. The van der Waals surface area contributed by atoms with Crippen LogP contribution in [0.4, 0.5) is 17.6 Å². The minimum atomic E-state index is -5.05. The van der Waals surface area contributed by atoms with E-state index in [1.54, 1.807) is 0 Å². The van der Waals surface area contributed by atoms with Gasteiger partial charge in [-0.05, 0) is 12.1 Å². The molecule has 2 rings (SSSR count). The Hall–Kier alpha value is -2.65. The van der Waals surface area contributed by atoms with Crippen molar-refractivity contribution < 1.29 is 27.1 Å². The van der Waals surface area contributed by atoms with Crippen molar-refractivity contribution in [3.8, 4) is 17.0 Å². The lowest BCUT2D eigenvalue weighted by molar-refractivity contribution is -0.275. The first-order valence-electron chi connectivity index (χ1n) is 5.05. The van der Waals surface area contributed by atoms with E-state index in [1.165, 1.54) is 0 Å². The number of nitrogens with one attached hydrogen (secondary N) is 1. The van der Waals surface area contributed by atoms with Crippen molar-refractivity contribution in [2.75, 3.05) is 0 Å². The average Bonchev–Trinajstić information content (AvgIpc) is 2.79. The summed E-state index contributed by atoms with van der Waals surface area (Å²) in [5.41, 5.74) is 3.90. The van der Waals surface area contributed by atoms with Crippen molar-refractivity contribution in [3.05, 3.63) is 29.7 Å². The zero-order valence-electron chi connectivity index (χ0n) is 9.53. The van der Waals surface area contributed by atoms with Crippen LogP contribution in [0, 0.1) is 5.82 Å². The van der Waals surface area contributed by atoms with Gasteiger partial charge in [-0.2, -0.15) is 15.4 Å². The Morgan fingerprint density at radius 3 is 2.60 bits per heavy atom. The largest absolute Gasteiger partial charge is 0.573 e. The van der Waals surface area contributed by atoms with Gasteiger partial charge in [-0.25, -0.2) is 4.39 Å². The molecule has 0 spiro atoms. The Balaban J connectivity index is 2.51. The Bertz CT molecular complexity index is 653. The van der Waals surface area contributed by atoms with Crippen LogP contribution in [-0.4, -0.2) is 27.7 Å². The number of aromatic nitrogens is 3.